The van der Waals surface area contributed by atoms with Gasteiger partial charge in [-0.25, -0.2) is 9.97 Å². The van der Waals surface area contributed by atoms with Gasteiger partial charge in [0.15, 0.2) is 0 Å². The van der Waals surface area contributed by atoms with Gasteiger partial charge in [0.2, 0.25) is 5.82 Å². The SMILES string of the molecule is COCCNC(=O)c1nc(Nc2cccc(C)c2)c2ccccc2n1. The van der Waals surface area contributed by atoms with E-state index in [9.17, 15) is 4.79 Å². The van der Waals surface area contributed by atoms with Crippen LogP contribution in [-0.4, -0.2) is 36.1 Å². The molecular weight excluding hydrogens is 316 g/mol. The van der Waals surface area contributed by atoms with Crippen molar-refractivity contribution in [1.29, 1.82) is 0 Å². The van der Waals surface area contributed by atoms with Crippen molar-refractivity contribution >= 4 is 28.3 Å². The van der Waals surface area contributed by atoms with Crippen LogP contribution < -0.4 is 10.6 Å². The van der Waals surface area contributed by atoms with E-state index in [1.807, 2.05) is 55.5 Å². The Morgan fingerprint density at radius 2 is 1.96 bits per heavy atom. The van der Waals surface area contributed by atoms with E-state index in [1.165, 1.54) is 0 Å². The lowest BCUT2D eigenvalue weighted by Gasteiger charge is -2.11. The van der Waals surface area contributed by atoms with Gasteiger partial charge in [-0.3, -0.25) is 4.79 Å². The first-order valence-electron chi connectivity index (χ1n) is 8.05. The molecule has 1 aromatic heterocycles. The van der Waals surface area contributed by atoms with E-state index in [4.69, 9.17) is 4.74 Å². The first-order chi connectivity index (χ1) is 12.2. The third kappa shape index (κ3) is 4.10. The van der Waals surface area contributed by atoms with Crippen LogP contribution in [0.25, 0.3) is 10.9 Å². The highest BCUT2D eigenvalue weighted by Crippen LogP contribution is 2.24. The second-order valence-electron chi connectivity index (χ2n) is 5.66. The first kappa shape index (κ1) is 16.9. The molecule has 2 aromatic carbocycles. The number of para-hydroxylation sites is 1. The summed E-state index contributed by atoms with van der Waals surface area (Å²) in [6.45, 7) is 2.87. The highest BCUT2D eigenvalue weighted by Gasteiger charge is 2.13. The van der Waals surface area contributed by atoms with Crippen LogP contribution in [0.4, 0.5) is 11.5 Å². The van der Waals surface area contributed by atoms with Crippen molar-refractivity contribution in [2.24, 2.45) is 0 Å². The average molecular weight is 336 g/mol. The van der Waals surface area contributed by atoms with Crippen LogP contribution in [0.1, 0.15) is 16.2 Å². The summed E-state index contributed by atoms with van der Waals surface area (Å²) in [5.74, 6) is 0.410. The third-order valence-electron chi connectivity index (χ3n) is 3.68. The molecule has 0 unspecified atom stereocenters. The molecule has 0 fully saturated rings. The van der Waals surface area contributed by atoms with Crippen LogP contribution in [0.5, 0.6) is 0 Å². The zero-order chi connectivity index (χ0) is 17.6. The van der Waals surface area contributed by atoms with Crippen molar-refractivity contribution in [3.8, 4) is 0 Å². The molecule has 6 nitrogen and oxygen atoms in total. The van der Waals surface area contributed by atoms with Crippen molar-refractivity contribution in [3.05, 3.63) is 59.9 Å². The third-order valence-corrected chi connectivity index (χ3v) is 3.68. The molecule has 25 heavy (non-hydrogen) atoms. The number of aryl methyl sites for hydroxylation is 1. The number of ether oxygens (including phenoxy) is 1. The van der Waals surface area contributed by atoms with Crippen molar-refractivity contribution < 1.29 is 9.53 Å². The molecule has 0 saturated carbocycles. The van der Waals surface area contributed by atoms with Gasteiger partial charge in [-0.1, -0.05) is 24.3 Å². The summed E-state index contributed by atoms with van der Waals surface area (Å²) in [7, 11) is 1.59. The monoisotopic (exact) mass is 336 g/mol. The summed E-state index contributed by atoms with van der Waals surface area (Å²) in [6.07, 6.45) is 0. The quantitative estimate of drug-likeness (QED) is 0.677. The van der Waals surface area contributed by atoms with Crippen molar-refractivity contribution in [1.82, 2.24) is 15.3 Å². The molecular formula is C19H20N4O2. The Bertz CT molecular complexity index is 895. The Morgan fingerprint density at radius 3 is 2.76 bits per heavy atom. The van der Waals surface area contributed by atoms with E-state index in [0.717, 1.165) is 16.6 Å². The standard InChI is InChI=1S/C19H20N4O2/c1-13-6-5-7-14(12-13)21-17-15-8-3-4-9-16(15)22-18(23-17)19(24)20-10-11-25-2/h3-9,12H,10-11H2,1-2H3,(H,20,24)(H,21,22,23). The minimum atomic E-state index is -0.324. The number of nitrogens with zero attached hydrogens (tertiary/aromatic N) is 2. The molecule has 3 rings (SSSR count). The fraction of sp³-hybridized carbons (Fsp3) is 0.211. The fourth-order valence-corrected chi connectivity index (χ4v) is 2.48. The van der Waals surface area contributed by atoms with E-state index in [0.29, 0.717) is 24.5 Å². The van der Waals surface area contributed by atoms with E-state index in [-0.39, 0.29) is 11.7 Å². The first-order valence-corrected chi connectivity index (χ1v) is 8.05. The van der Waals surface area contributed by atoms with Crippen molar-refractivity contribution in [3.63, 3.8) is 0 Å². The van der Waals surface area contributed by atoms with E-state index in [1.54, 1.807) is 7.11 Å². The van der Waals surface area contributed by atoms with Crippen LogP contribution >= 0.6 is 0 Å². The predicted octanol–water partition coefficient (Wildman–Crippen LogP) is 3.06. The lowest BCUT2D eigenvalue weighted by atomic mass is 10.2. The summed E-state index contributed by atoms with van der Waals surface area (Å²) in [5.41, 5.74) is 2.76. The van der Waals surface area contributed by atoms with Crippen LogP contribution in [-0.2, 0) is 4.74 Å². The molecule has 0 aliphatic heterocycles. The Hall–Kier alpha value is -2.99. The number of methoxy groups -OCH3 is 1. The lowest BCUT2D eigenvalue weighted by molar-refractivity contribution is 0.0927. The maximum absolute atomic E-state index is 12.3. The zero-order valence-electron chi connectivity index (χ0n) is 14.2. The minimum Gasteiger partial charge on any atom is -0.383 e. The van der Waals surface area contributed by atoms with Crippen molar-refractivity contribution in [2.75, 3.05) is 25.6 Å². The van der Waals surface area contributed by atoms with Gasteiger partial charge in [-0.05, 0) is 36.8 Å². The summed E-state index contributed by atoms with van der Waals surface area (Å²) in [4.78, 5) is 21.1. The minimum absolute atomic E-state index is 0.130. The Balaban J connectivity index is 1.96. The Kier molecular flexibility index (Phi) is 5.20. The van der Waals surface area contributed by atoms with Gasteiger partial charge in [-0.15, -0.1) is 0 Å². The molecule has 0 radical (unpaired) electrons. The summed E-state index contributed by atoms with van der Waals surface area (Å²) >= 11 is 0. The number of carbonyl (C=O) groups is 1. The van der Waals surface area contributed by atoms with Gasteiger partial charge >= 0.3 is 0 Å². The van der Waals surface area contributed by atoms with Gasteiger partial charge in [0.25, 0.3) is 5.91 Å². The second kappa shape index (κ2) is 7.72. The number of benzene rings is 2. The largest absolute Gasteiger partial charge is 0.383 e. The number of carbonyl (C=O) groups excluding carboxylic acids is 1. The molecule has 2 N–H and O–H groups in total. The van der Waals surface area contributed by atoms with Gasteiger partial charge in [-0.2, -0.15) is 0 Å². The molecule has 6 heteroatoms. The van der Waals surface area contributed by atoms with Crippen molar-refractivity contribution in [2.45, 2.75) is 6.92 Å². The molecule has 128 valence electrons. The molecule has 1 amide bonds. The average Bonchev–Trinajstić information content (AvgIpc) is 2.62. The Morgan fingerprint density at radius 1 is 1.12 bits per heavy atom. The number of fused-ring (bicyclic) bond motifs is 1. The predicted molar refractivity (Wildman–Crippen MR) is 98.2 cm³/mol. The van der Waals surface area contributed by atoms with Gasteiger partial charge in [0, 0.05) is 24.7 Å². The molecule has 0 aliphatic rings. The van der Waals surface area contributed by atoms with Crippen LogP contribution in [0.3, 0.4) is 0 Å². The number of amides is 1. The molecule has 0 atom stereocenters. The molecule has 3 aromatic rings. The number of anilines is 2. The van der Waals surface area contributed by atoms with Crippen LogP contribution in [0, 0.1) is 6.92 Å². The molecule has 0 saturated heterocycles. The molecule has 0 bridgehead atoms. The smallest absolute Gasteiger partial charge is 0.289 e. The molecule has 0 aliphatic carbocycles. The highest BCUT2D eigenvalue weighted by molar-refractivity contribution is 5.97. The zero-order valence-corrected chi connectivity index (χ0v) is 14.2. The number of rotatable bonds is 6. The normalized spacial score (nSPS) is 10.6. The number of hydrogen-bond donors (Lipinski definition) is 2. The van der Waals surface area contributed by atoms with Crippen LogP contribution in [0.15, 0.2) is 48.5 Å². The molecule has 1 heterocycles. The Labute approximate surface area is 146 Å². The van der Waals surface area contributed by atoms with Gasteiger partial charge in [0.1, 0.15) is 5.82 Å². The lowest BCUT2D eigenvalue weighted by Crippen LogP contribution is -2.28. The summed E-state index contributed by atoms with van der Waals surface area (Å²) in [6, 6.07) is 15.6. The fourth-order valence-electron chi connectivity index (χ4n) is 2.48. The maximum atomic E-state index is 12.3. The van der Waals surface area contributed by atoms with E-state index >= 15 is 0 Å². The van der Waals surface area contributed by atoms with Crippen LogP contribution in [0.2, 0.25) is 0 Å². The number of hydrogen-bond acceptors (Lipinski definition) is 5. The number of nitrogens with one attached hydrogen (secondary N) is 2. The topological polar surface area (TPSA) is 76.1 Å². The van der Waals surface area contributed by atoms with Gasteiger partial charge in [0.05, 0.1) is 12.1 Å². The maximum Gasteiger partial charge on any atom is 0.289 e. The summed E-state index contributed by atoms with van der Waals surface area (Å²) in [5, 5.41) is 6.90. The molecule has 0 spiro atoms. The number of aromatic nitrogens is 2. The van der Waals surface area contributed by atoms with E-state index in [2.05, 4.69) is 20.6 Å². The summed E-state index contributed by atoms with van der Waals surface area (Å²) < 4.78 is 4.94. The highest BCUT2D eigenvalue weighted by atomic mass is 16.5. The van der Waals surface area contributed by atoms with E-state index < -0.39 is 0 Å². The second-order valence-corrected chi connectivity index (χ2v) is 5.66. The van der Waals surface area contributed by atoms with Gasteiger partial charge < -0.3 is 15.4 Å².